The van der Waals surface area contributed by atoms with E-state index in [0.29, 0.717) is 19.3 Å². The SMILES string of the molecule is CC/C=C\C/C=C\C/C=C\CCCCCCCC(=O)OC(COC(=O)CCCCCCC/C=C\CCCCCCC)COC(=O)CCCCCCCCCCCCC/C=C\CCCCCCCCCC. The molecule has 0 aliphatic carbocycles. The van der Waals surface area contributed by atoms with Crippen LogP contribution < -0.4 is 0 Å². The Kier molecular flexibility index (Phi) is 56.3. The second-order valence-electron chi connectivity index (χ2n) is 20.2. The van der Waals surface area contributed by atoms with Gasteiger partial charge >= 0.3 is 17.9 Å². The summed E-state index contributed by atoms with van der Waals surface area (Å²) in [5.74, 6) is -0.897. The molecule has 6 heteroatoms. The molecule has 0 bridgehead atoms. The Morgan fingerprint density at radius 3 is 0.886 bits per heavy atom. The zero-order valence-electron chi connectivity index (χ0n) is 46.5. The lowest BCUT2D eigenvalue weighted by Crippen LogP contribution is -2.30. The molecule has 0 aliphatic heterocycles. The highest BCUT2D eigenvalue weighted by atomic mass is 16.6. The minimum atomic E-state index is -0.787. The van der Waals surface area contributed by atoms with Crippen LogP contribution in [0.15, 0.2) is 60.8 Å². The van der Waals surface area contributed by atoms with Crippen LogP contribution >= 0.6 is 0 Å². The van der Waals surface area contributed by atoms with Gasteiger partial charge < -0.3 is 14.2 Å². The summed E-state index contributed by atoms with van der Waals surface area (Å²) in [4.78, 5) is 38.2. The van der Waals surface area contributed by atoms with Gasteiger partial charge in [-0.05, 0) is 103 Å². The van der Waals surface area contributed by atoms with E-state index in [9.17, 15) is 14.4 Å². The summed E-state index contributed by atoms with van der Waals surface area (Å²) < 4.78 is 16.9. The zero-order valence-corrected chi connectivity index (χ0v) is 46.5. The zero-order chi connectivity index (χ0) is 50.7. The Morgan fingerprint density at radius 2 is 0.557 bits per heavy atom. The monoisotopic (exact) mass is 979 g/mol. The fourth-order valence-corrected chi connectivity index (χ4v) is 8.68. The van der Waals surface area contributed by atoms with Gasteiger partial charge in [-0.3, -0.25) is 14.4 Å². The second kappa shape index (κ2) is 58.7. The molecule has 0 radical (unpaired) electrons. The molecule has 0 aromatic rings. The van der Waals surface area contributed by atoms with Crippen LogP contribution in [0.1, 0.15) is 310 Å². The van der Waals surface area contributed by atoms with E-state index >= 15 is 0 Å². The summed E-state index contributed by atoms with van der Waals surface area (Å²) in [6.45, 7) is 6.53. The van der Waals surface area contributed by atoms with Gasteiger partial charge in [0.2, 0.25) is 0 Å². The smallest absolute Gasteiger partial charge is 0.306 e. The molecule has 0 saturated carbocycles. The van der Waals surface area contributed by atoms with Crippen molar-refractivity contribution in [3.05, 3.63) is 60.8 Å². The van der Waals surface area contributed by atoms with Gasteiger partial charge in [-0.25, -0.2) is 0 Å². The normalized spacial score (nSPS) is 12.4. The van der Waals surface area contributed by atoms with Gasteiger partial charge in [-0.2, -0.15) is 0 Å². The predicted octanol–water partition coefficient (Wildman–Crippen LogP) is 20.4. The van der Waals surface area contributed by atoms with Crippen LogP contribution in [0.3, 0.4) is 0 Å². The van der Waals surface area contributed by atoms with Gasteiger partial charge in [0.1, 0.15) is 13.2 Å². The van der Waals surface area contributed by atoms with Gasteiger partial charge in [0.05, 0.1) is 0 Å². The van der Waals surface area contributed by atoms with E-state index in [-0.39, 0.29) is 31.1 Å². The van der Waals surface area contributed by atoms with Crippen molar-refractivity contribution in [2.24, 2.45) is 0 Å². The van der Waals surface area contributed by atoms with Crippen LogP contribution in [0.2, 0.25) is 0 Å². The van der Waals surface area contributed by atoms with E-state index in [4.69, 9.17) is 14.2 Å². The van der Waals surface area contributed by atoms with Crippen LogP contribution in [-0.4, -0.2) is 37.2 Å². The van der Waals surface area contributed by atoms with Crippen molar-refractivity contribution in [1.82, 2.24) is 0 Å². The largest absolute Gasteiger partial charge is 0.462 e. The molecule has 1 unspecified atom stereocenters. The number of carbonyl (C=O) groups is 3. The Hall–Kier alpha value is -2.89. The van der Waals surface area contributed by atoms with Crippen LogP contribution in [0.5, 0.6) is 0 Å². The first-order chi connectivity index (χ1) is 34.5. The first-order valence-corrected chi connectivity index (χ1v) is 30.3. The van der Waals surface area contributed by atoms with E-state index in [2.05, 4.69) is 81.5 Å². The fraction of sp³-hybridized carbons (Fsp3) is 0.797. The molecular weight excluding hydrogens is 865 g/mol. The average molecular weight is 980 g/mol. The molecule has 0 spiro atoms. The lowest BCUT2D eigenvalue weighted by Gasteiger charge is -2.18. The summed E-state index contributed by atoms with van der Waals surface area (Å²) in [6, 6.07) is 0. The maximum absolute atomic E-state index is 12.9. The number of carbonyl (C=O) groups excluding carboxylic acids is 3. The maximum atomic E-state index is 12.9. The summed E-state index contributed by atoms with van der Waals surface area (Å²) in [7, 11) is 0. The van der Waals surface area contributed by atoms with Crippen molar-refractivity contribution in [2.45, 2.75) is 316 Å². The highest BCUT2D eigenvalue weighted by molar-refractivity contribution is 5.71. The molecule has 0 saturated heterocycles. The van der Waals surface area contributed by atoms with E-state index < -0.39 is 6.10 Å². The lowest BCUT2D eigenvalue weighted by molar-refractivity contribution is -0.167. The van der Waals surface area contributed by atoms with Gasteiger partial charge in [0, 0.05) is 19.3 Å². The molecule has 6 nitrogen and oxygen atoms in total. The summed E-state index contributed by atoms with van der Waals surface area (Å²) in [6.07, 6.45) is 73.6. The quantitative estimate of drug-likeness (QED) is 0.0261. The Balaban J connectivity index is 4.31. The number of esters is 3. The predicted molar refractivity (Wildman–Crippen MR) is 302 cm³/mol. The Bertz CT molecular complexity index is 1260. The third kappa shape index (κ3) is 56.0. The van der Waals surface area contributed by atoms with Crippen LogP contribution in [0.4, 0.5) is 0 Å². The van der Waals surface area contributed by atoms with Crippen molar-refractivity contribution < 1.29 is 28.6 Å². The number of ether oxygens (including phenoxy) is 3. The number of unbranched alkanes of at least 4 members (excludes halogenated alkanes) is 34. The molecule has 0 aromatic heterocycles. The van der Waals surface area contributed by atoms with Gasteiger partial charge in [0.25, 0.3) is 0 Å². The standard InChI is InChI=1S/C64H114O6/c1-4-7-10-13-16-19-22-25-28-29-30-31-32-33-34-35-37-39-42-45-48-51-54-57-63(66)69-60-61(59-68-62(65)56-53-50-47-44-41-38-27-24-21-18-15-12-9-6-3)70-64(67)58-55-52-49-46-43-40-36-26-23-20-17-14-11-8-5-2/h8,11,17,20,24,26-27,29-30,36,61H,4-7,9-10,12-16,18-19,21-23,25,28,31-35,37-60H2,1-3H3/b11-8-,20-17-,27-24-,30-29-,36-26-. The highest BCUT2D eigenvalue weighted by Crippen LogP contribution is 2.16. The molecule has 0 N–H and O–H groups in total. The number of rotatable bonds is 55. The third-order valence-corrected chi connectivity index (χ3v) is 13.2. The van der Waals surface area contributed by atoms with Gasteiger partial charge in [0.15, 0.2) is 6.10 Å². The second-order valence-corrected chi connectivity index (χ2v) is 20.2. The molecule has 0 rings (SSSR count). The van der Waals surface area contributed by atoms with Crippen LogP contribution in [-0.2, 0) is 28.6 Å². The minimum absolute atomic E-state index is 0.0829. The molecule has 1 atom stereocenters. The summed E-state index contributed by atoms with van der Waals surface area (Å²) in [5.41, 5.74) is 0. The third-order valence-electron chi connectivity index (χ3n) is 13.2. The fourth-order valence-electron chi connectivity index (χ4n) is 8.68. The first kappa shape index (κ1) is 67.1. The Labute approximate surface area is 434 Å². The topological polar surface area (TPSA) is 78.9 Å². The maximum Gasteiger partial charge on any atom is 0.306 e. The molecule has 406 valence electrons. The van der Waals surface area contributed by atoms with E-state index in [1.54, 1.807) is 0 Å². The van der Waals surface area contributed by atoms with Crippen molar-refractivity contribution in [1.29, 1.82) is 0 Å². The summed E-state index contributed by atoms with van der Waals surface area (Å²) in [5, 5.41) is 0. The molecule has 0 aromatic carbocycles. The van der Waals surface area contributed by atoms with Crippen molar-refractivity contribution >= 4 is 17.9 Å². The van der Waals surface area contributed by atoms with Crippen molar-refractivity contribution in [3.63, 3.8) is 0 Å². The molecule has 0 amide bonds. The molecular formula is C64H114O6. The number of hydrogen-bond donors (Lipinski definition) is 0. The first-order valence-electron chi connectivity index (χ1n) is 30.3. The van der Waals surface area contributed by atoms with Crippen LogP contribution in [0.25, 0.3) is 0 Å². The van der Waals surface area contributed by atoms with E-state index in [1.807, 2.05) is 0 Å². The molecule has 70 heavy (non-hydrogen) atoms. The summed E-state index contributed by atoms with van der Waals surface area (Å²) >= 11 is 0. The van der Waals surface area contributed by atoms with Crippen LogP contribution in [0, 0.1) is 0 Å². The van der Waals surface area contributed by atoms with E-state index in [0.717, 1.165) is 103 Å². The number of hydrogen-bond acceptors (Lipinski definition) is 6. The average Bonchev–Trinajstić information content (AvgIpc) is 3.36. The van der Waals surface area contributed by atoms with Gasteiger partial charge in [-0.1, -0.05) is 248 Å². The number of allylic oxidation sites excluding steroid dienone is 10. The minimum Gasteiger partial charge on any atom is -0.462 e. The highest BCUT2D eigenvalue weighted by Gasteiger charge is 2.19. The molecule has 0 aliphatic rings. The van der Waals surface area contributed by atoms with Crippen molar-refractivity contribution in [3.8, 4) is 0 Å². The molecule has 0 heterocycles. The lowest BCUT2D eigenvalue weighted by atomic mass is 10.0. The molecule has 0 fully saturated rings. The Morgan fingerprint density at radius 1 is 0.300 bits per heavy atom. The van der Waals surface area contributed by atoms with Crippen molar-refractivity contribution in [2.75, 3.05) is 13.2 Å². The van der Waals surface area contributed by atoms with E-state index in [1.165, 1.54) is 167 Å². The van der Waals surface area contributed by atoms with Gasteiger partial charge in [-0.15, -0.1) is 0 Å².